The van der Waals surface area contributed by atoms with Crippen LogP contribution in [-0.2, 0) is 0 Å². The van der Waals surface area contributed by atoms with Crippen LogP contribution in [0.2, 0.25) is 15.1 Å². The third kappa shape index (κ3) is 3.08. The van der Waals surface area contributed by atoms with Gasteiger partial charge in [-0.05, 0) is 48.4 Å². The molecule has 0 amide bonds. The molecule has 0 unspecified atom stereocenters. The molecule has 0 spiro atoms. The molecule has 0 atom stereocenters. The van der Waals surface area contributed by atoms with Crippen molar-refractivity contribution >= 4 is 58.1 Å². The van der Waals surface area contributed by atoms with Crippen molar-refractivity contribution in [2.75, 3.05) is 17.8 Å². The van der Waals surface area contributed by atoms with Crippen LogP contribution in [0.5, 0.6) is 0 Å². The zero-order valence-corrected chi connectivity index (χ0v) is 16.3. The third-order valence-corrected chi connectivity index (χ3v) is 5.75. The molecule has 2 aromatic rings. The fraction of sp³-hybridized carbons (Fsp3) is 0.111. The number of hydrogen-bond acceptors (Lipinski definition) is 4. The molecule has 2 aromatic carbocycles. The first-order valence-corrected chi connectivity index (χ1v) is 9.71. The minimum atomic E-state index is 0.585. The molecule has 2 heterocycles. The molecule has 0 saturated carbocycles. The molecule has 3 nitrogen and oxygen atoms in total. The summed E-state index contributed by atoms with van der Waals surface area (Å²) in [5.74, 6) is 0.915. The Morgan fingerprint density at radius 2 is 1.68 bits per heavy atom. The summed E-state index contributed by atoms with van der Waals surface area (Å²) in [5, 5.41) is 3.91. The fourth-order valence-electron chi connectivity index (χ4n) is 2.94. The summed E-state index contributed by atoms with van der Waals surface area (Å²) in [4.78, 5) is 0. The Morgan fingerprint density at radius 1 is 0.960 bits per heavy atom. The Morgan fingerprint density at radius 3 is 2.40 bits per heavy atom. The van der Waals surface area contributed by atoms with Gasteiger partial charge in [-0.2, -0.15) is 0 Å². The van der Waals surface area contributed by atoms with E-state index in [2.05, 4.69) is 22.9 Å². The quantitative estimate of drug-likeness (QED) is 0.629. The number of likely N-dealkylation sites (N-methyl/N-ethyl adjacent to an activating group) is 1. The van der Waals surface area contributed by atoms with Crippen molar-refractivity contribution in [1.82, 2.24) is 9.73 Å². The van der Waals surface area contributed by atoms with Gasteiger partial charge in [0.15, 0.2) is 0 Å². The van der Waals surface area contributed by atoms with Gasteiger partial charge in [0.1, 0.15) is 0 Å². The van der Waals surface area contributed by atoms with Gasteiger partial charge >= 0.3 is 0 Å². The molecular weight excluding hydrogens is 397 g/mol. The van der Waals surface area contributed by atoms with E-state index < -0.39 is 0 Å². The fourth-order valence-corrected chi connectivity index (χ4v) is 4.34. The van der Waals surface area contributed by atoms with Gasteiger partial charge in [-0.15, -0.1) is 0 Å². The van der Waals surface area contributed by atoms with E-state index >= 15 is 0 Å². The third-order valence-electron chi connectivity index (χ3n) is 4.07. The number of fused-ring (bicyclic) bond motifs is 1. The van der Waals surface area contributed by atoms with E-state index in [1.165, 1.54) is 0 Å². The van der Waals surface area contributed by atoms with Crippen molar-refractivity contribution in [3.05, 3.63) is 80.6 Å². The Kier molecular flexibility index (Phi) is 4.54. The minimum Gasteiger partial charge on any atom is -0.315 e. The van der Waals surface area contributed by atoms with Crippen LogP contribution in [0.15, 0.2) is 59.9 Å². The molecule has 25 heavy (non-hydrogen) atoms. The van der Waals surface area contributed by atoms with Crippen molar-refractivity contribution in [3.8, 4) is 0 Å². The van der Waals surface area contributed by atoms with Gasteiger partial charge in [-0.1, -0.05) is 46.9 Å². The molecule has 128 valence electrons. The van der Waals surface area contributed by atoms with Crippen molar-refractivity contribution in [2.45, 2.75) is 0 Å². The number of nitrogens with one attached hydrogen (secondary N) is 1. The lowest BCUT2D eigenvalue weighted by molar-refractivity contribution is 0.702. The topological polar surface area (TPSA) is 18.5 Å². The summed E-state index contributed by atoms with van der Waals surface area (Å²) in [6.07, 6.45) is 2.18. The number of halogens is 3. The molecular formula is C18H14Cl3N3S. The number of anilines is 1. The van der Waals surface area contributed by atoms with Gasteiger partial charge < -0.3 is 4.31 Å². The lowest BCUT2D eigenvalue weighted by Gasteiger charge is -2.24. The molecule has 0 radical (unpaired) electrons. The van der Waals surface area contributed by atoms with E-state index in [4.69, 9.17) is 34.8 Å². The second-order valence-corrected chi connectivity index (χ2v) is 8.08. The maximum absolute atomic E-state index is 6.47. The number of hydrazine groups is 1. The molecule has 0 bridgehead atoms. The molecule has 2 aliphatic heterocycles. The second-order valence-electron chi connectivity index (χ2n) is 5.66. The summed E-state index contributed by atoms with van der Waals surface area (Å²) in [6, 6.07) is 13.3. The van der Waals surface area contributed by atoms with E-state index in [-0.39, 0.29) is 0 Å². The number of benzene rings is 2. The first-order valence-electron chi connectivity index (χ1n) is 7.64. The minimum absolute atomic E-state index is 0.585. The highest BCUT2D eigenvalue weighted by Gasteiger charge is 2.33. The second kappa shape index (κ2) is 6.69. The predicted octanol–water partition coefficient (Wildman–Crippen LogP) is 5.82. The van der Waals surface area contributed by atoms with Gasteiger partial charge in [0.05, 0.1) is 27.8 Å². The Labute approximate surface area is 165 Å². The van der Waals surface area contributed by atoms with Crippen LogP contribution < -0.4 is 10.4 Å². The van der Waals surface area contributed by atoms with Crippen LogP contribution in [0, 0.1) is 0 Å². The molecule has 0 fully saturated rings. The number of hydrogen-bond donors (Lipinski definition) is 1. The zero-order chi connectivity index (χ0) is 17.6. The maximum Gasteiger partial charge on any atom is 0.0981 e. The first-order chi connectivity index (χ1) is 12.0. The van der Waals surface area contributed by atoms with E-state index in [9.17, 15) is 0 Å². The van der Waals surface area contributed by atoms with Crippen LogP contribution in [0.4, 0.5) is 5.69 Å². The van der Waals surface area contributed by atoms with E-state index in [1.807, 2.05) is 41.4 Å². The monoisotopic (exact) mass is 409 g/mol. The first kappa shape index (κ1) is 17.0. The van der Waals surface area contributed by atoms with E-state index in [0.717, 1.165) is 34.1 Å². The lowest BCUT2D eigenvalue weighted by atomic mass is 10.1. The molecule has 4 rings (SSSR count). The van der Waals surface area contributed by atoms with Crippen LogP contribution in [-0.4, -0.2) is 17.1 Å². The number of rotatable bonds is 2. The van der Waals surface area contributed by atoms with Crippen molar-refractivity contribution in [2.24, 2.45) is 0 Å². The molecule has 0 aliphatic carbocycles. The number of nitrogens with zero attached hydrogens (tertiary/aromatic N) is 2. The van der Waals surface area contributed by atoms with Crippen LogP contribution >= 0.6 is 46.8 Å². The Balaban J connectivity index is 1.91. The summed E-state index contributed by atoms with van der Waals surface area (Å²) in [5.41, 5.74) is 8.58. The van der Waals surface area contributed by atoms with Crippen LogP contribution in [0.1, 0.15) is 5.56 Å². The molecule has 0 aromatic heterocycles. The van der Waals surface area contributed by atoms with E-state index in [0.29, 0.717) is 15.1 Å². The summed E-state index contributed by atoms with van der Waals surface area (Å²) in [7, 11) is 2.07. The highest BCUT2D eigenvalue weighted by Crippen LogP contribution is 2.43. The van der Waals surface area contributed by atoms with Crippen molar-refractivity contribution in [3.63, 3.8) is 0 Å². The standard InChI is InChI=1S/C18H14Cl3N3S/c1-23-18-15(8-9-25-23)22-24(16-7-6-13(20)10-14(16)21)17(18)11-2-4-12(19)5-3-11/h2-8,10,22H,9H2,1H3. The van der Waals surface area contributed by atoms with Crippen molar-refractivity contribution < 1.29 is 0 Å². The SMILES string of the molecule is CN1SCC=C2NN(c3ccc(Cl)cc3Cl)C(c3ccc(Cl)cc3)=C21. The highest BCUT2D eigenvalue weighted by atomic mass is 35.5. The smallest absolute Gasteiger partial charge is 0.0981 e. The average Bonchev–Trinajstić information content (AvgIpc) is 2.96. The van der Waals surface area contributed by atoms with Gasteiger partial charge in [0.2, 0.25) is 0 Å². The van der Waals surface area contributed by atoms with Crippen LogP contribution in [0.3, 0.4) is 0 Å². The van der Waals surface area contributed by atoms with Crippen LogP contribution in [0.25, 0.3) is 5.70 Å². The molecule has 7 heteroatoms. The lowest BCUT2D eigenvalue weighted by Crippen LogP contribution is -2.31. The largest absolute Gasteiger partial charge is 0.315 e. The summed E-state index contributed by atoms with van der Waals surface area (Å²) < 4.78 is 2.18. The molecule has 2 aliphatic rings. The molecule has 1 N–H and O–H groups in total. The van der Waals surface area contributed by atoms with Gasteiger partial charge in [-0.25, -0.2) is 0 Å². The van der Waals surface area contributed by atoms with E-state index in [1.54, 1.807) is 18.0 Å². The van der Waals surface area contributed by atoms with Gasteiger partial charge in [0.25, 0.3) is 0 Å². The average molecular weight is 411 g/mol. The predicted molar refractivity (Wildman–Crippen MR) is 109 cm³/mol. The summed E-state index contributed by atoms with van der Waals surface area (Å²) >= 11 is 20.4. The maximum atomic E-state index is 6.47. The highest BCUT2D eigenvalue weighted by molar-refractivity contribution is 7.97. The van der Waals surface area contributed by atoms with Gasteiger partial charge in [0, 0.05) is 28.4 Å². The Bertz CT molecular complexity index is 893. The van der Waals surface area contributed by atoms with Crippen molar-refractivity contribution in [1.29, 1.82) is 0 Å². The zero-order valence-electron chi connectivity index (χ0n) is 13.3. The molecule has 0 saturated heterocycles. The van der Waals surface area contributed by atoms with Gasteiger partial charge in [-0.3, -0.25) is 10.4 Å². The summed E-state index contributed by atoms with van der Waals surface area (Å²) in [6.45, 7) is 0. The normalized spacial score (nSPS) is 16.7. The Hall–Kier alpha value is -1.46.